The Morgan fingerprint density at radius 2 is 2.17 bits per heavy atom. The molecule has 7 nitrogen and oxygen atoms in total. The van der Waals surface area contributed by atoms with Crippen molar-refractivity contribution in [3.8, 4) is 0 Å². The fourth-order valence-corrected chi connectivity index (χ4v) is 3.54. The van der Waals surface area contributed by atoms with Gasteiger partial charge in [-0.25, -0.2) is 4.98 Å². The van der Waals surface area contributed by atoms with Gasteiger partial charge in [0.25, 0.3) is 5.91 Å². The Morgan fingerprint density at radius 3 is 2.87 bits per heavy atom. The zero-order chi connectivity index (χ0) is 16.7. The topological polar surface area (TPSA) is 94.6 Å². The van der Waals surface area contributed by atoms with Crippen molar-refractivity contribution < 1.29 is 14.7 Å². The number of carbonyl (C=O) groups is 2. The quantitative estimate of drug-likeness (QED) is 0.651. The average molecular weight is 340 g/mol. The van der Waals surface area contributed by atoms with Crippen molar-refractivity contribution in [1.29, 1.82) is 0 Å². The Kier molecular flexibility index (Phi) is 6.94. The molecule has 0 saturated carbocycles. The van der Waals surface area contributed by atoms with Gasteiger partial charge in [-0.1, -0.05) is 6.42 Å². The summed E-state index contributed by atoms with van der Waals surface area (Å²) in [5.41, 5.74) is 5.77. The van der Waals surface area contributed by atoms with Crippen molar-refractivity contribution in [1.82, 2.24) is 20.7 Å². The molecule has 0 aliphatic carbocycles. The minimum absolute atomic E-state index is 0.132. The van der Waals surface area contributed by atoms with Gasteiger partial charge in [-0.15, -0.1) is 11.3 Å². The van der Waals surface area contributed by atoms with E-state index in [1.165, 1.54) is 11.3 Å². The van der Waals surface area contributed by atoms with Crippen LogP contribution in [0, 0.1) is 6.92 Å². The predicted octanol–water partition coefficient (Wildman–Crippen LogP) is 0.378. The van der Waals surface area contributed by atoms with Gasteiger partial charge >= 0.3 is 0 Å². The van der Waals surface area contributed by atoms with Gasteiger partial charge in [-0.05, 0) is 32.7 Å². The van der Waals surface area contributed by atoms with Gasteiger partial charge in [-0.2, -0.15) is 0 Å². The van der Waals surface area contributed by atoms with Crippen LogP contribution in [0.3, 0.4) is 0 Å². The third-order valence-corrected chi connectivity index (χ3v) is 4.84. The molecule has 0 spiro atoms. The van der Waals surface area contributed by atoms with Crippen molar-refractivity contribution in [2.24, 2.45) is 0 Å². The first-order valence-corrected chi connectivity index (χ1v) is 8.80. The van der Waals surface area contributed by atoms with Crippen molar-refractivity contribution in [2.45, 2.75) is 45.1 Å². The lowest BCUT2D eigenvalue weighted by atomic mass is 10.00. The van der Waals surface area contributed by atoms with E-state index in [1.54, 1.807) is 0 Å². The van der Waals surface area contributed by atoms with E-state index in [1.807, 2.05) is 12.3 Å². The smallest absolute Gasteiger partial charge is 0.252 e. The lowest BCUT2D eigenvalue weighted by Crippen LogP contribution is -2.50. The number of aliphatic hydroxyl groups is 1. The summed E-state index contributed by atoms with van der Waals surface area (Å²) in [6.07, 6.45) is 4.04. The number of thiazole rings is 1. The molecule has 1 aliphatic rings. The third kappa shape index (κ3) is 5.89. The number of nitrogens with one attached hydrogen (secondary N) is 2. The molecule has 0 aromatic carbocycles. The Bertz CT molecular complexity index is 533. The summed E-state index contributed by atoms with van der Waals surface area (Å²) in [4.78, 5) is 30.0. The molecule has 0 bridgehead atoms. The number of aromatic nitrogens is 1. The summed E-state index contributed by atoms with van der Waals surface area (Å²) in [6, 6.07) is 0.244. The second kappa shape index (κ2) is 8.95. The number of rotatable bonds is 6. The summed E-state index contributed by atoms with van der Waals surface area (Å²) in [5.74, 6) is -0.517. The monoisotopic (exact) mass is 340 g/mol. The Balaban J connectivity index is 1.72. The molecule has 2 amide bonds. The number of aryl methyl sites for hydroxylation is 1. The van der Waals surface area contributed by atoms with E-state index in [-0.39, 0.29) is 37.4 Å². The molecule has 128 valence electrons. The van der Waals surface area contributed by atoms with Crippen LogP contribution in [0.2, 0.25) is 0 Å². The van der Waals surface area contributed by atoms with Crippen molar-refractivity contribution in [2.75, 3.05) is 19.7 Å². The van der Waals surface area contributed by atoms with Gasteiger partial charge in [0.05, 0.1) is 13.0 Å². The number of hydrogen-bond donors (Lipinski definition) is 3. The molecule has 0 radical (unpaired) electrons. The number of piperidine rings is 1. The standard InChI is InChI=1S/C15H24N4O3S/c1-11-10-23-15(16-11)8-13(21)17-18-14(22)9-19-6-3-2-4-12(19)5-7-20/h10,12,20H,2-9H2,1H3,(H,17,21)(H,18,22). The minimum Gasteiger partial charge on any atom is -0.396 e. The fourth-order valence-electron chi connectivity index (χ4n) is 2.77. The predicted molar refractivity (Wildman–Crippen MR) is 87.8 cm³/mol. The highest BCUT2D eigenvalue weighted by Gasteiger charge is 2.23. The van der Waals surface area contributed by atoms with E-state index in [0.717, 1.165) is 36.5 Å². The van der Waals surface area contributed by atoms with Gasteiger partial charge in [0, 0.05) is 23.7 Å². The van der Waals surface area contributed by atoms with Crippen LogP contribution in [0.5, 0.6) is 0 Å². The van der Waals surface area contributed by atoms with E-state index in [4.69, 9.17) is 5.11 Å². The number of aliphatic hydroxyl groups excluding tert-OH is 1. The molecule has 1 aliphatic heterocycles. The molecule has 8 heteroatoms. The minimum atomic E-state index is -0.279. The van der Waals surface area contributed by atoms with Crippen LogP contribution in [-0.4, -0.2) is 52.5 Å². The summed E-state index contributed by atoms with van der Waals surface area (Å²) in [7, 11) is 0. The number of nitrogens with zero attached hydrogens (tertiary/aromatic N) is 2. The Hall–Kier alpha value is -1.51. The summed E-state index contributed by atoms with van der Waals surface area (Å²) < 4.78 is 0. The second-order valence-corrected chi connectivity index (χ2v) is 6.73. The number of amides is 2. The summed E-state index contributed by atoms with van der Waals surface area (Å²) in [5, 5.41) is 11.7. The first-order chi connectivity index (χ1) is 11.1. The van der Waals surface area contributed by atoms with E-state index >= 15 is 0 Å². The average Bonchev–Trinajstić information content (AvgIpc) is 2.92. The summed E-state index contributed by atoms with van der Waals surface area (Å²) >= 11 is 1.43. The number of likely N-dealkylation sites (tertiary alicyclic amines) is 1. The van der Waals surface area contributed by atoms with Gasteiger partial charge in [0.2, 0.25) is 5.91 Å². The van der Waals surface area contributed by atoms with E-state index in [0.29, 0.717) is 6.42 Å². The van der Waals surface area contributed by atoms with E-state index in [9.17, 15) is 9.59 Å². The Morgan fingerprint density at radius 1 is 1.39 bits per heavy atom. The first-order valence-electron chi connectivity index (χ1n) is 7.92. The van der Waals surface area contributed by atoms with Crippen molar-refractivity contribution in [3.63, 3.8) is 0 Å². The van der Waals surface area contributed by atoms with Gasteiger partial charge in [0.15, 0.2) is 0 Å². The fraction of sp³-hybridized carbons (Fsp3) is 0.667. The van der Waals surface area contributed by atoms with Crippen LogP contribution in [0.15, 0.2) is 5.38 Å². The zero-order valence-electron chi connectivity index (χ0n) is 13.4. The zero-order valence-corrected chi connectivity index (χ0v) is 14.2. The number of hydrogen-bond acceptors (Lipinski definition) is 6. The molecule has 3 N–H and O–H groups in total. The van der Waals surface area contributed by atoms with Crippen LogP contribution >= 0.6 is 11.3 Å². The molecule has 1 aromatic heterocycles. The largest absolute Gasteiger partial charge is 0.396 e. The molecule has 23 heavy (non-hydrogen) atoms. The number of carbonyl (C=O) groups excluding carboxylic acids is 2. The highest BCUT2D eigenvalue weighted by molar-refractivity contribution is 7.09. The first kappa shape index (κ1) is 17.8. The SMILES string of the molecule is Cc1csc(CC(=O)NNC(=O)CN2CCCCC2CCO)n1. The van der Waals surface area contributed by atoms with Crippen LogP contribution in [0.1, 0.15) is 36.4 Å². The van der Waals surface area contributed by atoms with Crippen LogP contribution < -0.4 is 10.9 Å². The molecular formula is C15H24N4O3S. The molecule has 1 atom stereocenters. The molecular weight excluding hydrogens is 316 g/mol. The molecule has 1 aromatic rings. The molecule has 2 heterocycles. The molecule has 1 fully saturated rings. The van der Waals surface area contributed by atoms with Crippen molar-refractivity contribution in [3.05, 3.63) is 16.1 Å². The van der Waals surface area contributed by atoms with Crippen molar-refractivity contribution >= 4 is 23.2 Å². The molecule has 1 saturated heterocycles. The van der Waals surface area contributed by atoms with Gasteiger partial charge in [-0.3, -0.25) is 25.3 Å². The highest BCUT2D eigenvalue weighted by atomic mass is 32.1. The third-order valence-electron chi connectivity index (χ3n) is 3.88. The number of hydrazine groups is 1. The Labute approximate surface area is 140 Å². The lowest BCUT2D eigenvalue weighted by molar-refractivity contribution is -0.129. The van der Waals surface area contributed by atoms with Crippen LogP contribution in [-0.2, 0) is 16.0 Å². The maximum Gasteiger partial charge on any atom is 0.252 e. The summed E-state index contributed by atoms with van der Waals surface area (Å²) in [6.45, 7) is 3.10. The van der Waals surface area contributed by atoms with E-state index < -0.39 is 0 Å². The second-order valence-electron chi connectivity index (χ2n) is 5.79. The molecule has 1 unspecified atom stereocenters. The van der Waals surface area contributed by atoms with Gasteiger partial charge in [0.1, 0.15) is 5.01 Å². The lowest BCUT2D eigenvalue weighted by Gasteiger charge is -2.34. The maximum atomic E-state index is 12.0. The normalized spacial score (nSPS) is 18.6. The maximum absolute atomic E-state index is 12.0. The van der Waals surface area contributed by atoms with Crippen LogP contribution in [0.4, 0.5) is 0 Å². The van der Waals surface area contributed by atoms with Gasteiger partial charge < -0.3 is 5.11 Å². The highest BCUT2D eigenvalue weighted by Crippen LogP contribution is 2.18. The van der Waals surface area contributed by atoms with E-state index in [2.05, 4.69) is 20.7 Å². The molecule has 2 rings (SSSR count). The van der Waals surface area contributed by atoms with Crippen LogP contribution in [0.25, 0.3) is 0 Å².